The molecule has 3 aromatic heterocycles. The van der Waals surface area contributed by atoms with Gasteiger partial charge in [0.05, 0.1) is 11.0 Å². The molecule has 6 aromatic carbocycles. The van der Waals surface area contributed by atoms with Crippen molar-refractivity contribution in [2.45, 2.75) is 0 Å². The molecule has 0 aliphatic heterocycles. The van der Waals surface area contributed by atoms with Gasteiger partial charge in [0, 0.05) is 51.1 Å². The summed E-state index contributed by atoms with van der Waals surface area (Å²) in [4.78, 5) is 24.3. The number of benzene rings is 6. The quantitative estimate of drug-likeness (QED) is 0.184. The van der Waals surface area contributed by atoms with E-state index in [2.05, 4.69) is 82.3 Å². The Morgan fingerprint density at radius 1 is 0.362 bits per heavy atom. The van der Waals surface area contributed by atoms with Gasteiger partial charge in [0.25, 0.3) is 0 Å². The molecule has 0 N–H and O–H groups in total. The van der Waals surface area contributed by atoms with Crippen molar-refractivity contribution in [1.82, 2.24) is 29.5 Å². The Labute approximate surface area is 270 Å². The van der Waals surface area contributed by atoms with E-state index in [0.717, 1.165) is 55.6 Å². The summed E-state index contributed by atoms with van der Waals surface area (Å²) in [5.41, 5.74) is 6.79. The third kappa shape index (κ3) is 4.62. The normalized spacial score (nSPS) is 11.4. The van der Waals surface area contributed by atoms with E-state index in [4.69, 9.17) is 19.9 Å². The van der Waals surface area contributed by atoms with Gasteiger partial charge in [-0.05, 0) is 47.2 Å². The summed E-state index contributed by atoms with van der Waals surface area (Å²) in [6.45, 7) is 0. The van der Waals surface area contributed by atoms with Gasteiger partial charge in [0.1, 0.15) is 5.82 Å². The standard InChI is InChI=1S/C41H26N6/c1-3-11-27(12-4-1)38-44-39(28-13-5-2-6-14-28)46-40(45-38)29-19-21-31(22-20-29)47-37-35-18-10-8-16-33(35)32-15-7-9-17-34(32)36(37)43-41(47)30-23-25-42-26-24-30/h1-26H. The zero-order chi connectivity index (χ0) is 31.2. The van der Waals surface area contributed by atoms with E-state index < -0.39 is 0 Å². The third-order valence-corrected chi connectivity index (χ3v) is 8.55. The molecule has 0 aliphatic carbocycles. The number of aromatic nitrogens is 6. The lowest BCUT2D eigenvalue weighted by Gasteiger charge is -2.13. The average Bonchev–Trinajstić information content (AvgIpc) is 3.57. The molecule has 0 amide bonds. The summed E-state index contributed by atoms with van der Waals surface area (Å²) < 4.78 is 2.27. The largest absolute Gasteiger partial charge is 0.292 e. The Balaban J connectivity index is 1.26. The second-order valence-corrected chi connectivity index (χ2v) is 11.4. The predicted octanol–water partition coefficient (Wildman–Crippen LogP) is 9.58. The fourth-order valence-corrected chi connectivity index (χ4v) is 6.35. The van der Waals surface area contributed by atoms with E-state index >= 15 is 0 Å². The van der Waals surface area contributed by atoms with E-state index in [0.29, 0.717) is 17.5 Å². The van der Waals surface area contributed by atoms with Gasteiger partial charge in [-0.25, -0.2) is 19.9 Å². The second kappa shape index (κ2) is 11.1. The van der Waals surface area contributed by atoms with Crippen molar-refractivity contribution in [3.63, 3.8) is 0 Å². The molecule has 0 aliphatic rings. The molecule has 6 nitrogen and oxygen atoms in total. The van der Waals surface area contributed by atoms with Crippen LogP contribution in [-0.4, -0.2) is 29.5 Å². The highest BCUT2D eigenvalue weighted by Crippen LogP contribution is 2.39. The lowest BCUT2D eigenvalue weighted by molar-refractivity contribution is 1.07. The molecule has 6 heteroatoms. The first kappa shape index (κ1) is 26.8. The first-order chi connectivity index (χ1) is 23.3. The van der Waals surface area contributed by atoms with Crippen molar-refractivity contribution in [2.75, 3.05) is 0 Å². The minimum absolute atomic E-state index is 0.616. The van der Waals surface area contributed by atoms with E-state index in [1.165, 1.54) is 10.8 Å². The van der Waals surface area contributed by atoms with Crippen LogP contribution in [0.15, 0.2) is 158 Å². The van der Waals surface area contributed by atoms with Crippen LogP contribution in [0.3, 0.4) is 0 Å². The molecule has 0 saturated carbocycles. The Morgan fingerprint density at radius 2 is 0.830 bits per heavy atom. The molecular formula is C41H26N6. The second-order valence-electron chi connectivity index (χ2n) is 11.4. The van der Waals surface area contributed by atoms with Crippen molar-refractivity contribution < 1.29 is 0 Å². The molecule has 0 unspecified atom stereocenters. The van der Waals surface area contributed by atoms with Gasteiger partial charge in [0.2, 0.25) is 0 Å². The van der Waals surface area contributed by atoms with Crippen LogP contribution in [-0.2, 0) is 0 Å². The Hall–Kier alpha value is -6.53. The molecule has 9 rings (SSSR count). The maximum Gasteiger partial charge on any atom is 0.164 e. The summed E-state index contributed by atoms with van der Waals surface area (Å²) in [6, 6.07) is 49.6. The monoisotopic (exact) mass is 602 g/mol. The Kier molecular flexibility index (Phi) is 6.35. The molecule has 0 atom stereocenters. The van der Waals surface area contributed by atoms with Crippen molar-refractivity contribution in [2.24, 2.45) is 0 Å². The Bertz CT molecular complexity index is 2490. The van der Waals surface area contributed by atoms with Crippen molar-refractivity contribution in [3.05, 3.63) is 158 Å². The summed E-state index contributed by atoms with van der Waals surface area (Å²) >= 11 is 0. The molecular weight excluding hydrogens is 576 g/mol. The number of fused-ring (bicyclic) bond motifs is 6. The lowest BCUT2D eigenvalue weighted by Crippen LogP contribution is -2.01. The van der Waals surface area contributed by atoms with Crippen LogP contribution in [0.25, 0.3) is 83.8 Å². The van der Waals surface area contributed by atoms with Crippen LogP contribution in [0, 0.1) is 0 Å². The smallest absolute Gasteiger partial charge is 0.164 e. The Morgan fingerprint density at radius 3 is 1.40 bits per heavy atom. The van der Waals surface area contributed by atoms with Gasteiger partial charge >= 0.3 is 0 Å². The lowest BCUT2D eigenvalue weighted by atomic mass is 10.00. The number of pyridine rings is 1. The fraction of sp³-hybridized carbons (Fsp3) is 0. The maximum atomic E-state index is 5.31. The number of nitrogens with zero attached hydrogens (tertiary/aromatic N) is 6. The molecule has 9 aromatic rings. The zero-order valence-corrected chi connectivity index (χ0v) is 25.2. The minimum Gasteiger partial charge on any atom is -0.292 e. The number of imidazole rings is 1. The van der Waals surface area contributed by atoms with Crippen LogP contribution >= 0.6 is 0 Å². The molecule has 220 valence electrons. The van der Waals surface area contributed by atoms with Gasteiger partial charge in [-0.3, -0.25) is 9.55 Å². The minimum atomic E-state index is 0.616. The summed E-state index contributed by atoms with van der Waals surface area (Å²) in [6.07, 6.45) is 3.63. The van der Waals surface area contributed by atoms with Gasteiger partial charge in [-0.2, -0.15) is 0 Å². The highest BCUT2D eigenvalue weighted by atomic mass is 15.1. The third-order valence-electron chi connectivity index (χ3n) is 8.55. The van der Waals surface area contributed by atoms with Crippen LogP contribution in [0.2, 0.25) is 0 Å². The average molecular weight is 603 g/mol. The SMILES string of the molecule is c1ccc(-c2nc(-c3ccccc3)nc(-c3ccc(-n4c(-c5ccncc5)nc5c6ccccc6c6ccccc6c54)cc3)n2)cc1. The highest BCUT2D eigenvalue weighted by molar-refractivity contribution is 6.24. The summed E-state index contributed by atoms with van der Waals surface area (Å²) in [5, 5.41) is 4.66. The number of hydrogen-bond donors (Lipinski definition) is 0. The molecule has 3 heterocycles. The van der Waals surface area contributed by atoms with Crippen molar-refractivity contribution >= 4 is 32.6 Å². The van der Waals surface area contributed by atoms with E-state index in [-0.39, 0.29) is 0 Å². The van der Waals surface area contributed by atoms with Crippen LogP contribution in [0.4, 0.5) is 0 Å². The molecule has 0 bridgehead atoms. The number of rotatable bonds is 5. The summed E-state index contributed by atoms with van der Waals surface area (Å²) in [5.74, 6) is 2.75. The van der Waals surface area contributed by atoms with Crippen LogP contribution in [0.5, 0.6) is 0 Å². The van der Waals surface area contributed by atoms with Gasteiger partial charge in [-0.15, -0.1) is 0 Å². The highest BCUT2D eigenvalue weighted by Gasteiger charge is 2.20. The van der Waals surface area contributed by atoms with E-state index in [9.17, 15) is 0 Å². The van der Waals surface area contributed by atoms with E-state index in [1.54, 1.807) is 0 Å². The van der Waals surface area contributed by atoms with Crippen LogP contribution < -0.4 is 0 Å². The first-order valence-electron chi connectivity index (χ1n) is 15.5. The van der Waals surface area contributed by atoms with Gasteiger partial charge in [0.15, 0.2) is 17.5 Å². The molecule has 0 radical (unpaired) electrons. The number of hydrogen-bond acceptors (Lipinski definition) is 5. The van der Waals surface area contributed by atoms with Gasteiger partial charge < -0.3 is 0 Å². The molecule has 0 spiro atoms. The predicted molar refractivity (Wildman–Crippen MR) is 189 cm³/mol. The van der Waals surface area contributed by atoms with Crippen LogP contribution in [0.1, 0.15) is 0 Å². The van der Waals surface area contributed by atoms with Crippen molar-refractivity contribution in [3.8, 4) is 51.2 Å². The molecule has 0 saturated heterocycles. The molecule has 0 fully saturated rings. The van der Waals surface area contributed by atoms with Crippen molar-refractivity contribution in [1.29, 1.82) is 0 Å². The maximum absolute atomic E-state index is 5.31. The molecule has 47 heavy (non-hydrogen) atoms. The summed E-state index contributed by atoms with van der Waals surface area (Å²) in [7, 11) is 0. The topological polar surface area (TPSA) is 69.4 Å². The zero-order valence-electron chi connectivity index (χ0n) is 25.2. The van der Waals surface area contributed by atoms with E-state index in [1.807, 2.05) is 85.2 Å². The fourth-order valence-electron chi connectivity index (χ4n) is 6.35. The first-order valence-corrected chi connectivity index (χ1v) is 15.5. The van der Waals surface area contributed by atoms with Gasteiger partial charge in [-0.1, -0.05) is 109 Å².